The van der Waals surface area contributed by atoms with E-state index in [1.165, 1.54) is 29.2 Å². The summed E-state index contributed by atoms with van der Waals surface area (Å²) in [5.41, 5.74) is 23.5. The summed E-state index contributed by atoms with van der Waals surface area (Å²) in [5.74, 6) is -9.67. The number of hydrogen-bond donors (Lipinski definition) is 15. The number of primary amides is 1. The summed E-state index contributed by atoms with van der Waals surface area (Å²) in [6, 6.07) is 1.65. The van der Waals surface area contributed by atoms with Gasteiger partial charge in [0.1, 0.15) is 60.1 Å². The number of amides is 10. The van der Waals surface area contributed by atoms with Gasteiger partial charge in [0.25, 0.3) is 0 Å². The number of carbonyl (C=O) groups is 11. The molecule has 1 aliphatic carbocycles. The van der Waals surface area contributed by atoms with E-state index in [0.717, 1.165) is 19.3 Å². The second kappa shape index (κ2) is 35.5. The number of rotatable bonds is 34. The maximum Gasteiger partial charge on any atom is 0.327 e. The van der Waals surface area contributed by atoms with Crippen molar-refractivity contribution in [2.75, 3.05) is 24.6 Å². The van der Waals surface area contributed by atoms with E-state index in [1.54, 1.807) is 49.1 Å². The lowest BCUT2D eigenvalue weighted by molar-refractivity contribution is -0.150. The first-order chi connectivity index (χ1) is 42.4. The Balaban J connectivity index is 1.45. The Bertz CT molecular complexity index is 2820. The number of likely N-dealkylation sites (tertiary alicyclic amines) is 2. The maximum atomic E-state index is 15.4. The number of aliphatic imine (C=N–C) groups is 1. The van der Waals surface area contributed by atoms with Crippen LogP contribution in [0.1, 0.15) is 122 Å². The summed E-state index contributed by atoms with van der Waals surface area (Å²) in [6.45, 7) is 5.58. The standard InChI is InChI=1S/C60H90N14O13S2/c1-4-13-39(51(78)71-44(32-89)59(86)87)68-56(83)49(33(3)5-2)72-55(82)47-30-36-16-9-10-18-45(36)74(47)58(85)46-19-12-27-73(46)57(84)43(29-34-14-7-6-8-15-34)70-54(81)42(28-35-20-22-37(75)23-21-35)69-53(80)41(24-25-48(62)76)67-52(79)40(17-11-26-65-60(63)64)66-50(77)38(61)31-88/h6-8,14-15,20-23,33,36,38-47,49,75,88-89H,4-5,9-13,16-19,24-32,61H2,1-3H3,(H2,62,76)(H,66,77)(H,67,79)(H,68,83)(H,69,80)(H,70,81)(H,71,78)(H,72,82)(H,86,87)(H4,63,64,65)/t33-,36?,38-,39-,40-,41-,42-,43-,44-,45?,46-,47-,49-/m0/s1. The average molecular weight is 1280 g/mol. The molecule has 2 aliphatic heterocycles. The third-order valence-electron chi connectivity index (χ3n) is 16.6. The molecular weight excluding hydrogens is 1190 g/mol. The number of thiol groups is 2. The Morgan fingerprint density at radius 3 is 1.81 bits per heavy atom. The lowest BCUT2D eigenvalue weighted by Gasteiger charge is -2.38. The topological polar surface area (TPSA) is 435 Å². The van der Waals surface area contributed by atoms with Gasteiger partial charge in [0.15, 0.2) is 5.96 Å². The first-order valence-electron chi connectivity index (χ1n) is 30.5. The summed E-state index contributed by atoms with van der Waals surface area (Å²) in [5, 5.41) is 38.5. The van der Waals surface area contributed by atoms with E-state index >= 15 is 14.4 Å². The monoisotopic (exact) mass is 1280 g/mol. The summed E-state index contributed by atoms with van der Waals surface area (Å²) in [6.07, 6.45) is 4.01. The van der Waals surface area contributed by atoms with Gasteiger partial charge in [0, 0.05) is 49.9 Å². The van der Waals surface area contributed by atoms with E-state index in [-0.39, 0.29) is 99.6 Å². The largest absolute Gasteiger partial charge is 0.508 e. The number of nitrogens with zero attached hydrogens (tertiary/aromatic N) is 3. The Morgan fingerprint density at radius 2 is 1.20 bits per heavy atom. The highest BCUT2D eigenvalue weighted by atomic mass is 32.1. The molecule has 0 radical (unpaired) electrons. The van der Waals surface area contributed by atoms with Gasteiger partial charge in [0.05, 0.1) is 6.04 Å². The third kappa shape index (κ3) is 21.2. The van der Waals surface area contributed by atoms with Gasteiger partial charge in [-0.1, -0.05) is 88.9 Å². The van der Waals surface area contributed by atoms with Crippen LogP contribution in [0.15, 0.2) is 59.6 Å². The minimum atomic E-state index is -1.54. The third-order valence-corrected chi connectivity index (χ3v) is 17.4. The first kappa shape index (κ1) is 72.1. The number of aromatic hydroxyl groups is 1. The second-order valence-electron chi connectivity index (χ2n) is 23.2. The van der Waals surface area contributed by atoms with Crippen LogP contribution >= 0.6 is 25.3 Å². The van der Waals surface area contributed by atoms with Gasteiger partial charge in [-0.05, 0) is 92.9 Å². The van der Waals surface area contributed by atoms with Crippen LogP contribution in [0.25, 0.3) is 0 Å². The molecule has 17 N–H and O–H groups in total. The molecular formula is C60H90N14O13S2. The van der Waals surface area contributed by atoms with Crippen LogP contribution in [0.2, 0.25) is 0 Å². The molecule has 0 bridgehead atoms. The zero-order valence-corrected chi connectivity index (χ0v) is 52.6. The molecule has 2 heterocycles. The summed E-state index contributed by atoms with van der Waals surface area (Å²) in [7, 11) is 0. The quantitative estimate of drug-likeness (QED) is 0.0176. The van der Waals surface area contributed by atoms with Crippen LogP contribution in [0.3, 0.4) is 0 Å². The van der Waals surface area contributed by atoms with Gasteiger partial charge in [-0.15, -0.1) is 0 Å². The fourth-order valence-electron chi connectivity index (χ4n) is 11.5. The number of phenolic OH excluding ortho intramolecular Hbond substituents is 1. The highest BCUT2D eigenvalue weighted by Gasteiger charge is 2.52. The molecule has 0 aromatic heterocycles. The Labute approximate surface area is 529 Å². The molecule has 2 saturated heterocycles. The van der Waals surface area contributed by atoms with Crippen LogP contribution in [0.5, 0.6) is 5.75 Å². The van der Waals surface area contributed by atoms with Crippen molar-refractivity contribution < 1.29 is 63.0 Å². The predicted molar refractivity (Wildman–Crippen MR) is 337 cm³/mol. The zero-order chi connectivity index (χ0) is 65.5. The van der Waals surface area contributed by atoms with Crippen LogP contribution < -0.4 is 60.2 Å². The highest BCUT2D eigenvalue weighted by molar-refractivity contribution is 7.80. The predicted octanol–water partition coefficient (Wildman–Crippen LogP) is -0.842. The van der Waals surface area contributed by atoms with E-state index in [9.17, 15) is 48.6 Å². The number of aliphatic carboxylic acids is 1. The normalized spacial score (nSPS) is 20.0. The van der Waals surface area contributed by atoms with E-state index < -0.39 is 138 Å². The number of benzene rings is 2. The fourth-order valence-corrected chi connectivity index (χ4v) is 11.9. The van der Waals surface area contributed by atoms with Crippen molar-refractivity contribution in [3.63, 3.8) is 0 Å². The fraction of sp³-hybridized carbons (Fsp3) is 0.600. The Morgan fingerprint density at radius 1 is 0.640 bits per heavy atom. The van der Waals surface area contributed by atoms with Gasteiger partial charge in [-0.2, -0.15) is 25.3 Å². The number of carboxylic acids is 1. The maximum absolute atomic E-state index is 15.4. The first-order valence-corrected chi connectivity index (χ1v) is 31.8. The molecule has 89 heavy (non-hydrogen) atoms. The van der Waals surface area contributed by atoms with Crippen molar-refractivity contribution in [1.82, 2.24) is 47.0 Å². The molecule has 2 unspecified atom stereocenters. The van der Waals surface area contributed by atoms with E-state index in [4.69, 9.17) is 22.9 Å². The number of nitrogens with one attached hydrogen (secondary N) is 7. The van der Waals surface area contributed by atoms with Crippen LogP contribution in [-0.4, -0.2) is 182 Å². The summed E-state index contributed by atoms with van der Waals surface area (Å²) >= 11 is 8.12. The smallest absolute Gasteiger partial charge is 0.327 e. The molecule has 3 fully saturated rings. The molecule has 13 atom stereocenters. The minimum Gasteiger partial charge on any atom is -0.508 e. The second-order valence-corrected chi connectivity index (χ2v) is 23.9. The number of carbonyl (C=O) groups excluding carboxylic acids is 10. The zero-order valence-electron chi connectivity index (χ0n) is 50.8. The van der Waals surface area contributed by atoms with Gasteiger partial charge in [-0.3, -0.25) is 52.9 Å². The van der Waals surface area contributed by atoms with Crippen molar-refractivity contribution >= 4 is 96.3 Å². The summed E-state index contributed by atoms with van der Waals surface area (Å²) < 4.78 is 0. The molecule has 3 aliphatic rings. The number of carboxylic acid groups (broad SMARTS) is 1. The van der Waals surface area contributed by atoms with Gasteiger partial charge >= 0.3 is 5.97 Å². The van der Waals surface area contributed by atoms with Gasteiger partial charge in [0.2, 0.25) is 59.1 Å². The molecule has 1 saturated carbocycles. The molecule has 27 nitrogen and oxygen atoms in total. The number of hydrogen-bond acceptors (Lipinski definition) is 16. The molecule has 2 aromatic carbocycles. The molecule has 10 amide bonds. The molecule has 5 rings (SSSR count). The highest BCUT2D eigenvalue weighted by Crippen LogP contribution is 2.41. The lowest BCUT2D eigenvalue weighted by Crippen LogP contribution is -2.61. The van der Waals surface area contributed by atoms with Crippen molar-refractivity contribution in [3.8, 4) is 5.75 Å². The summed E-state index contributed by atoms with van der Waals surface area (Å²) in [4.78, 5) is 161. The SMILES string of the molecule is CCC[C@H](NC(=O)[C@@H](NC(=O)[C@@H]1CC2CCCCC2N1C(=O)[C@@H]1CCCN1C(=O)[C@H](Cc1ccccc1)NC(=O)[C@H](Cc1ccc(O)cc1)NC(=O)[C@H](CCC(N)=O)NC(=O)[C@H](CCCN=C(N)N)NC(=O)[C@@H](N)CS)[C@@H](C)CC)C(=O)N[C@@H](CS)C(=O)O. The van der Waals surface area contributed by atoms with Crippen molar-refractivity contribution in [2.24, 2.45) is 39.8 Å². The molecule has 490 valence electrons. The van der Waals surface area contributed by atoms with Crippen LogP contribution in [0, 0.1) is 11.8 Å². The number of phenols is 1. The van der Waals surface area contributed by atoms with Gasteiger partial charge < -0.3 is 80.2 Å². The number of nitrogens with two attached hydrogens (primary N) is 4. The molecule has 0 spiro atoms. The molecule has 2 aromatic rings. The average Bonchev–Trinajstić information content (AvgIpc) is 1.87. The van der Waals surface area contributed by atoms with Crippen molar-refractivity contribution in [3.05, 3.63) is 65.7 Å². The number of guanidine groups is 1. The van der Waals surface area contributed by atoms with Crippen molar-refractivity contribution in [1.29, 1.82) is 0 Å². The van der Waals surface area contributed by atoms with Crippen molar-refractivity contribution in [2.45, 2.75) is 190 Å². The van der Waals surface area contributed by atoms with Gasteiger partial charge in [-0.25, -0.2) is 4.79 Å². The lowest BCUT2D eigenvalue weighted by atomic mass is 9.84. The Hall–Kier alpha value is -7.66. The Kier molecular flexibility index (Phi) is 28.8. The van der Waals surface area contributed by atoms with Crippen LogP contribution in [0.4, 0.5) is 0 Å². The minimum absolute atomic E-state index is 0.0281. The molecule has 29 heteroatoms. The van der Waals surface area contributed by atoms with E-state index in [0.29, 0.717) is 36.8 Å². The van der Waals surface area contributed by atoms with Crippen LogP contribution in [-0.2, 0) is 65.6 Å². The van der Waals surface area contributed by atoms with E-state index in [1.807, 2.05) is 6.92 Å². The number of fused-ring (bicyclic) bond motifs is 1. The van der Waals surface area contributed by atoms with E-state index in [2.05, 4.69) is 67.5 Å².